The first-order valence-corrected chi connectivity index (χ1v) is 11.0. The molecule has 25 heavy (non-hydrogen) atoms. The van der Waals surface area contributed by atoms with Crippen LogP contribution in [-0.2, 0) is 26.1 Å². The van der Waals surface area contributed by atoms with Crippen molar-refractivity contribution in [2.24, 2.45) is 0 Å². The van der Waals surface area contributed by atoms with Crippen molar-refractivity contribution in [1.82, 2.24) is 0 Å². The Hall–Kier alpha value is -0.866. The van der Waals surface area contributed by atoms with Crippen LogP contribution in [0.2, 0.25) is 0 Å². The fraction of sp³-hybridized carbons (Fsp3) is 0.300. The minimum absolute atomic E-state index is 0. The van der Waals surface area contributed by atoms with E-state index >= 15 is 0 Å². The summed E-state index contributed by atoms with van der Waals surface area (Å²) in [6, 6.07) is 0. The van der Waals surface area contributed by atoms with E-state index in [9.17, 15) is 0 Å². The minimum Gasteiger partial charge on any atom is -0.281 e. The van der Waals surface area contributed by atoms with Gasteiger partial charge in [0.15, 0.2) is 0 Å². The summed E-state index contributed by atoms with van der Waals surface area (Å²) >= 11 is 0. The standard InChI is InChI=1S/2C9H15P.2CO.Ni/c2*1-4-7-10(8-5-2)9-6-3;2*1-2;/h2*4-6H,1-3,7-9H2;;;. The predicted molar refractivity (Wildman–Crippen MR) is 116 cm³/mol. The van der Waals surface area contributed by atoms with Gasteiger partial charge in [-0.25, -0.2) is 0 Å². The smallest absolute Gasteiger partial charge is 0.281 e. The molecule has 0 aromatic heterocycles. The Morgan fingerprint density at radius 3 is 0.680 bits per heavy atom. The van der Waals surface area contributed by atoms with E-state index in [-0.39, 0.29) is 32.3 Å². The third kappa shape index (κ3) is 35.2. The van der Waals surface area contributed by atoms with E-state index < -0.39 is 0 Å². The van der Waals surface area contributed by atoms with E-state index in [4.69, 9.17) is 9.59 Å². The van der Waals surface area contributed by atoms with Gasteiger partial charge >= 0.3 is 0 Å². The molecule has 0 atom stereocenters. The molecule has 0 saturated heterocycles. The Morgan fingerprint density at radius 2 is 0.600 bits per heavy atom. The molecule has 0 spiro atoms. The second kappa shape index (κ2) is 38.6. The third-order valence-electron chi connectivity index (χ3n) is 2.32. The first kappa shape index (κ1) is 35.3. The van der Waals surface area contributed by atoms with Crippen LogP contribution >= 0.6 is 15.8 Å². The van der Waals surface area contributed by atoms with Crippen LogP contribution in [0, 0.1) is 0 Å². The molecule has 0 fully saturated rings. The molecule has 0 heterocycles. The summed E-state index contributed by atoms with van der Waals surface area (Å²) in [4.78, 5) is 15.0. The van der Waals surface area contributed by atoms with Gasteiger partial charge in [-0.2, -0.15) is 0 Å². The van der Waals surface area contributed by atoms with Crippen molar-refractivity contribution < 1.29 is 26.1 Å². The fourth-order valence-corrected chi connectivity index (χ4v) is 4.63. The summed E-state index contributed by atoms with van der Waals surface area (Å²) < 4.78 is 0. The Morgan fingerprint density at radius 1 is 0.480 bits per heavy atom. The molecule has 142 valence electrons. The monoisotopic (exact) mass is 422 g/mol. The van der Waals surface area contributed by atoms with Crippen LogP contribution in [0.25, 0.3) is 0 Å². The van der Waals surface area contributed by atoms with E-state index in [0.29, 0.717) is 0 Å². The Labute approximate surface area is 168 Å². The first-order chi connectivity index (χ1) is 11.7. The molecule has 0 N–H and O–H groups in total. The van der Waals surface area contributed by atoms with Gasteiger partial charge in [0.05, 0.1) is 0 Å². The maximum Gasteiger partial charge on any atom is 0.281 e. The topological polar surface area (TPSA) is 34.1 Å². The maximum atomic E-state index is 7.50. The number of carbonyl (C=O) groups excluding carboxylic acids is 2. The van der Waals surface area contributed by atoms with Crippen molar-refractivity contribution in [1.29, 1.82) is 0 Å². The second-order valence-electron chi connectivity index (χ2n) is 4.17. The molecule has 0 unspecified atom stereocenters. The Balaban J connectivity index is -0.0000000858. The molecule has 5 heteroatoms. The molecule has 0 aromatic carbocycles. The number of allylic oxidation sites excluding steroid dienone is 6. The number of hydrogen-bond acceptors (Lipinski definition) is 2. The van der Waals surface area contributed by atoms with Crippen LogP contribution in [0.4, 0.5) is 0 Å². The van der Waals surface area contributed by atoms with E-state index in [0.717, 1.165) is 37.0 Å². The molecular formula is C20H30NiO2P2. The zero-order valence-electron chi connectivity index (χ0n) is 15.0. The quantitative estimate of drug-likeness (QED) is 0.244. The number of rotatable bonds is 12. The van der Waals surface area contributed by atoms with Gasteiger partial charge in [0, 0.05) is 16.5 Å². The van der Waals surface area contributed by atoms with Gasteiger partial charge in [0.2, 0.25) is 0 Å². The average molecular weight is 423 g/mol. The summed E-state index contributed by atoms with van der Waals surface area (Å²) in [5.41, 5.74) is 0. The summed E-state index contributed by atoms with van der Waals surface area (Å²) in [5.74, 6) is 0. The van der Waals surface area contributed by atoms with E-state index in [1.165, 1.54) is 0 Å². The van der Waals surface area contributed by atoms with Gasteiger partial charge in [-0.15, -0.1) is 39.5 Å². The van der Waals surface area contributed by atoms with Crippen LogP contribution in [0.15, 0.2) is 75.9 Å². The van der Waals surface area contributed by atoms with Gasteiger partial charge in [-0.05, 0) is 37.0 Å². The van der Waals surface area contributed by atoms with Crippen molar-refractivity contribution in [2.75, 3.05) is 37.0 Å². The van der Waals surface area contributed by atoms with Gasteiger partial charge in [0.1, 0.15) is 0 Å². The molecule has 0 aliphatic rings. The molecule has 0 amide bonds. The molecule has 0 bridgehead atoms. The van der Waals surface area contributed by atoms with Gasteiger partial charge in [0.25, 0.3) is 13.6 Å². The first-order valence-electron chi connectivity index (χ1n) is 7.20. The van der Waals surface area contributed by atoms with Crippen LogP contribution in [-0.4, -0.2) is 50.5 Å². The summed E-state index contributed by atoms with van der Waals surface area (Å²) in [6.07, 6.45) is 18.7. The predicted octanol–water partition coefficient (Wildman–Crippen LogP) is 5.26. The van der Waals surface area contributed by atoms with Crippen molar-refractivity contribution in [3.05, 3.63) is 75.9 Å². The van der Waals surface area contributed by atoms with Crippen molar-refractivity contribution in [3.8, 4) is 0 Å². The molecule has 0 aromatic rings. The molecule has 0 aliphatic heterocycles. The van der Waals surface area contributed by atoms with Crippen molar-refractivity contribution >= 4 is 29.4 Å². The van der Waals surface area contributed by atoms with Gasteiger partial charge < -0.3 is 0 Å². The molecule has 4 radical (unpaired) electrons. The van der Waals surface area contributed by atoms with Gasteiger partial charge in [-0.3, -0.25) is 9.59 Å². The molecule has 0 rings (SSSR count). The van der Waals surface area contributed by atoms with Crippen molar-refractivity contribution in [2.45, 2.75) is 0 Å². The Kier molecular flexibility index (Phi) is 54.5. The van der Waals surface area contributed by atoms with Crippen LogP contribution in [0.3, 0.4) is 0 Å². The zero-order valence-corrected chi connectivity index (χ0v) is 17.8. The maximum absolute atomic E-state index is 7.50. The van der Waals surface area contributed by atoms with Crippen LogP contribution in [0.1, 0.15) is 0 Å². The SMILES string of the molecule is C=CCP(CC=C)CC=C.C=CCP(CC=C)CC=C.[C]=O.[C]=O.[Ni]. The average Bonchev–Trinajstić information content (AvgIpc) is 2.61. The molecule has 0 aliphatic carbocycles. The fourth-order valence-electron chi connectivity index (χ4n) is 1.54. The van der Waals surface area contributed by atoms with Crippen molar-refractivity contribution in [3.63, 3.8) is 0 Å². The summed E-state index contributed by atoms with van der Waals surface area (Å²) in [7, 11) is 0.170. The number of hydrogen-bond donors (Lipinski definition) is 0. The van der Waals surface area contributed by atoms with E-state index in [2.05, 4.69) is 53.1 Å². The summed E-state index contributed by atoms with van der Waals surface area (Å²) in [6.45, 7) is 31.3. The zero-order chi connectivity index (χ0) is 19.6. The molecule has 2 nitrogen and oxygen atoms in total. The minimum atomic E-state index is 0. The Bertz CT molecular complexity index is 254. The normalized spacial score (nSPS) is 7.76. The molecule has 0 saturated carbocycles. The van der Waals surface area contributed by atoms with E-state index in [1.807, 2.05) is 36.5 Å². The van der Waals surface area contributed by atoms with Gasteiger partial charge in [-0.1, -0.05) is 52.3 Å². The third-order valence-corrected chi connectivity index (χ3v) is 6.97. The molecular weight excluding hydrogens is 393 g/mol. The van der Waals surface area contributed by atoms with Crippen LogP contribution < -0.4 is 0 Å². The van der Waals surface area contributed by atoms with Crippen LogP contribution in [0.5, 0.6) is 0 Å². The summed E-state index contributed by atoms with van der Waals surface area (Å²) in [5, 5.41) is 0. The second-order valence-corrected chi connectivity index (χ2v) is 9.04. The van der Waals surface area contributed by atoms with E-state index in [1.54, 1.807) is 0 Å². The largest absolute Gasteiger partial charge is 0.281 e.